The van der Waals surface area contributed by atoms with Crippen molar-refractivity contribution in [2.45, 2.75) is 78.8 Å². The Hall–Kier alpha value is -0.610. The number of nitrogens with one attached hydrogen (secondary N) is 2. The van der Waals surface area contributed by atoms with Crippen molar-refractivity contribution in [1.29, 1.82) is 0 Å². The van der Waals surface area contributed by atoms with Crippen LogP contribution in [0.5, 0.6) is 0 Å². The number of amides is 1. The van der Waals surface area contributed by atoms with Crippen molar-refractivity contribution in [3.05, 3.63) is 0 Å². The van der Waals surface area contributed by atoms with E-state index in [1.165, 1.54) is 0 Å². The summed E-state index contributed by atoms with van der Waals surface area (Å²) in [5.74, 6) is 0.876. The normalized spacial score (nSPS) is 16.2. The zero-order chi connectivity index (χ0) is 21.6. The van der Waals surface area contributed by atoms with Crippen molar-refractivity contribution < 1.29 is 4.79 Å². The van der Waals surface area contributed by atoms with Crippen LogP contribution in [0.4, 0.5) is 0 Å². The number of aliphatic imine (C=N–C) groups is 1. The van der Waals surface area contributed by atoms with E-state index < -0.39 is 0 Å². The summed E-state index contributed by atoms with van der Waals surface area (Å²) in [4.78, 5) is 20.9. The second kappa shape index (κ2) is 17.0. The average molecular weight is 539 g/mol. The fourth-order valence-electron chi connectivity index (χ4n) is 4.01. The predicted octanol–water partition coefficient (Wildman–Crippen LogP) is 2.65. The van der Waals surface area contributed by atoms with E-state index in [4.69, 9.17) is 10.7 Å². The SMILES string of the molecule is CCNC(=NCCCN(C(C)C)C(C)C)NCCCCN1CCC(C(N)=O)CC1.I. The van der Waals surface area contributed by atoms with Gasteiger partial charge >= 0.3 is 0 Å². The summed E-state index contributed by atoms with van der Waals surface area (Å²) in [6.45, 7) is 18.0. The molecule has 0 bridgehead atoms. The molecule has 0 spiro atoms. The van der Waals surface area contributed by atoms with E-state index in [1.54, 1.807) is 0 Å². The van der Waals surface area contributed by atoms with Crippen molar-refractivity contribution in [3.63, 3.8) is 0 Å². The van der Waals surface area contributed by atoms with Gasteiger partial charge in [-0.05, 0) is 86.4 Å². The van der Waals surface area contributed by atoms with Gasteiger partial charge in [0.2, 0.25) is 5.91 Å². The van der Waals surface area contributed by atoms with Gasteiger partial charge in [0.15, 0.2) is 5.96 Å². The highest BCUT2D eigenvalue weighted by atomic mass is 127. The Morgan fingerprint density at radius 2 is 1.73 bits per heavy atom. The first-order chi connectivity index (χ1) is 13.8. The molecule has 1 rings (SSSR count). The maximum absolute atomic E-state index is 11.2. The number of rotatable bonds is 13. The Labute approximate surface area is 202 Å². The molecule has 0 unspecified atom stereocenters. The molecule has 0 atom stereocenters. The smallest absolute Gasteiger partial charge is 0.220 e. The van der Waals surface area contributed by atoms with Crippen LogP contribution in [0.1, 0.15) is 66.7 Å². The number of guanidine groups is 1. The van der Waals surface area contributed by atoms with Gasteiger partial charge in [0.25, 0.3) is 0 Å². The fourth-order valence-corrected chi connectivity index (χ4v) is 4.01. The number of hydrogen-bond donors (Lipinski definition) is 3. The van der Waals surface area contributed by atoms with Gasteiger partial charge in [-0.2, -0.15) is 0 Å². The quantitative estimate of drug-likeness (QED) is 0.145. The van der Waals surface area contributed by atoms with Gasteiger partial charge in [0, 0.05) is 44.2 Å². The molecule has 178 valence electrons. The molecule has 0 aromatic rings. The van der Waals surface area contributed by atoms with Crippen LogP contribution in [0.2, 0.25) is 0 Å². The standard InChI is InChI=1S/C22H46N6O.HI/c1-6-24-22(26-13-9-15-28(18(2)3)19(4)5)25-12-7-8-14-27-16-10-20(11-17-27)21(23)29;/h18-20H,6-17H2,1-5H3,(H2,23,29)(H2,24,25,26);1H. The van der Waals surface area contributed by atoms with E-state index in [1.807, 2.05) is 0 Å². The van der Waals surface area contributed by atoms with Crippen LogP contribution in [0.25, 0.3) is 0 Å². The molecule has 8 heteroatoms. The Morgan fingerprint density at radius 3 is 2.27 bits per heavy atom. The van der Waals surface area contributed by atoms with Gasteiger partial charge in [0.05, 0.1) is 0 Å². The van der Waals surface area contributed by atoms with Crippen LogP contribution >= 0.6 is 24.0 Å². The van der Waals surface area contributed by atoms with Gasteiger partial charge < -0.3 is 21.3 Å². The summed E-state index contributed by atoms with van der Waals surface area (Å²) in [6.07, 6.45) is 5.18. The third-order valence-electron chi connectivity index (χ3n) is 5.70. The Bertz CT molecular complexity index is 470. The maximum Gasteiger partial charge on any atom is 0.220 e. The molecule has 1 amide bonds. The van der Waals surface area contributed by atoms with Crippen LogP contribution in [0.15, 0.2) is 4.99 Å². The van der Waals surface area contributed by atoms with Crippen molar-refractivity contribution in [1.82, 2.24) is 20.4 Å². The molecule has 0 aromatic carbocycles. The first kappa shape index (κ1) is 29.4. The average Bonchev–Trinajstić information content (AvgIpc) is 2.67. The van der Waals surface area contributed by atoms with Gasteiger partial charge in [0.1, 0.15) is 0 Å². The summed E-state index contributed by atoms with van der Waals surface area (Å²) in [5, 5.41) is 6.80. The van der Waals surface area contributed by atoms with Crippen LogP contribution in [0.3, 0.4) is 0 Å². The molecule has 7 nitrogen and oxygen atoms in total. The van der Waals surface area contributed by atoms with Gasteiger partial charge in [-0.25, -0.2) is 0 Å². The van der Waals surface area contributed by atoms with Crippen LogP contribution in [0, 0.1) is 5.92 Å². The minimum absolute atomic E-state index is 0. The minimum atomic E-state index is -0.134. The van der Waals surface area contributed by atoms with E-state index >= 15 is 0 Å². The summed E-state index contributed by atoms with van der Waals surface area (Å²) in [7, 11) is 0. The lowest BCUT2D eigenvalue weighted by atomic mass is 9.96. The van der Waals surface area contributed by atoms with Crippen molar-refractivity contribution in [2.75, 3.05) is 45.8 Å². The molecule has 30 heavy (non-hydrogen) atoms. The number of primary amides is 1. The first-order valence-electron chi connectivity index (χ1n) is 11.6. The van der Waals surface area contributed by atoms with Crippen LogP contribution in [-0.2, 0) is 4.79 Å². The molecule has 1 fully saturated rings. The zero-order valence-corrected chi connectivity index (χ0v) is 22.3. The molecular weight excluding hydrogens is 491 g/mol. The summed E-state index contributed by atoms with van der Waals surface area (Å²) in [5.41, 5.74) is 5.40. The molecule has 0 aromatic heterocycles. The number of halogens is 1. The molecule has 0 radical (unpaired) electrons. The lowest BCUT2D eigenvalue weighted by Gasteiger charge is -2.30. The van der Waals surface area contributed by atoms with E-state index in [2.05, 4.69) is 55.1 Å². The highest BCUT2D eigenvalue weighted by molar-refractivity contribution is 14.0. The van der Waals surface area contributed by atoms with Crippen molar-refractivity contribution in [2.24, 2.45) is 16.6 Å². The van der Waals surface area contributed by atoms with E-state index in [0.29, 0.717) is 12.1 Å². The number of unbranched alkanes of at least 4 members (excludes halogenated alkanes) is 1. The maximum atomic E-state index is 11.2. The minimum Gasteiger partial charge on any atom is -0.369 e. The molecule has 1 heterocycles. The second-order valence-electron chi connectivity index (χ2n) is 8.69. The van der Waals surface area contributed by atoms with Crippen molar-refractivity contribution in [3.8, 4) is 0 Å². The second-order valence-corrected chi connectivity index (χ2v) is 8.69. The zero-order valence-electron chi connectivity index (χ0n) is 20.0. The molecule has 4 N–H and O–H groups in total. The van der Waals surface area contributed by atoms with Gasteiger partial charge in [-0.15, -0.1) is 24.0 Å². The van der Waals surface area contributed by atoms with Crippen molar-refractivity contribution >= 4 is 35.8 Å². The predicted molar refractivity (Wildman–Crippen MR) is 139 cm³/mol. The Balaban J connectivity index is 0.00000841. The number of carbonyl (C=O) groups is 1. The molecule has 1 saturated heterocycles. The molecule has 0 saturated carbocycles. The molecule has 1 aliphatic rings. The molecule has 0 aliphatic carbocycles. The van der Waals surface area contributed by atoms with Crippen LogP contribution < -0.4 is 16.4 Å². The number of carbonyl (C=O) groups excluding carboxylic acids is 1. The number of likely N-dealkylation sites (tertiary alicyclic amines) is 1. The third-order valence-corrected chi connectivity index (χ3v) is 5.70. The molecular formula is C22H47IN6O. The number of nitrogens with zero attached hydrogens (tertiary/aromatic N) is 3. The summed E-state index contributed by atoms with van der Waals surface area (Å²) in [6, 6.07) is 1.15. The number of hydrogen-bond acceptors (Lipinski definition) is 4. The highest BCUT2D eigenvalue weighted by Gasteiger charge is 2.22. The lowest BCUT2D eigenvalue weighted by Crippen LogP contribution is -2.40. The fraction of sp³-hybridized carbons (Fsp3) is 0.909. The van der Waals surface area contributed by atoms with Crippen LogP contribution in [-0.4, -0.2) is 79.6 Å². The van der Waals surface area contributed by atoms with E-state index in [-0.39, 0.29) is 35.8 Å². The largest absolute Gasteiger partial charge is 0.369 e. The first-order valence-corrected chi connectivity index (χ1v) is 11.6. The molecule has 1 aliphatic heterocycles. The summed E-state index contributed by atoms with van der Waals surface area (Å²) < 4.78 is 0. The summed E-state index contributed by atoms with van der Waals surface area (Å²) >= 11 is 0. The lowest BCUT2D eigenvalue weighted by molar-refractivity contribution is -0.123. The highest BCUT2D eigenvalue weighted by Crippen LogP contribution is 2.16. The van der Waals surface area contributed by atoms with E-state index in [9.17, 15) is 4.79 Å². The van der Waals surface area contributed by atoms with Gasteiger partial charge in [-0.3, -0.25) is 14.7 Å². The van der Waals surface area contributed by atoms with E-state index in [0.717, 1.165) is 83.9 Å². The monoisotopic (exact) mass is 538 g/mol. The third kappa shape index (κ3) is 12.3. The topological polar surface area (TPSA) is 86.0 Å². The number of nitrogens with two attached hydrogens (primary N) is 1. The Morgan fingerprint density at radius 1 is 1.10 bits per heavy atom. The van der Waals surface area contributed by atoms with Gasteiger partial charge in [-0.1, -0.05) is 0 Å². The Kier molecular flexibility index (Phi) is 16.7. The number of piperidine rings is 1.